The van der Waals surface area contributed by atoms with Crippen molar-refractivity contribution in [3.63, 3.8) is 0 Å². The molecule has 0 aliphatic rings. The molecule has 10 heteroatoms. The normalized spacial score (nSPS) is 13.8. The average Bonchev–Trinajstić information content (AvgIpc) is 3.53. The third-order valence-electron chi connectivity index (χ3n) is 15.3. The van der Waals surface area contributed by atoms with Crippen LogP contribution in [0.5, 0.6) is 0 Å². The van der Waals surface area contributed by atoms with Crippen LogP contribution in [0.15, 0.2) is 109 Å². The predicted molar refractivity (Wildman–Crippen MR) is 371 cm³/mol. The molecule has 0 saturated carbocycles. The number of ether oxygens (including phenoxy) is 2. The Hall–Kier alpha value is -3.33. The molecule has 2 atom stereocenters. The number of phosphoric ester groups is 1. The van der Waals surface area contributed by atoms with Gasteiger partial charge in [0.05, 0.1) is 27.7 Å². The van der Waals surface area contributed by atoms with Crippen LogP contribution >= 0.6 is 7.82 Å². The van der Waals surface area contributed by atoms with E-state index in [0.29, 0.717) is 17.4 Å². The SMILES string of the molecule is CC/C=C\C/C=C\C/C=C\C/C=C\C/C=C\CCCCCCCCCCCCCC(=O)OC(COC(=O)CCCCCCCCCCCCCCCCCCCCCCCC/C=C\C/C=C\C/C=C\C/C=C\CC)COP(=O)(O)OCC[N+](C)(C)C. The van der Waals surface area contributed by atoms with E-state index in [2.05, 4.69) is 123 Å². The number of rotatable bonds is 65. The van der Waals surface area contributed by atoms with Crippen LogP contribution in [0.4, 0.5) is 0 Å². The smallest absolute Gasteiger partial charge is 0.462 e. The first-order chi connectivity index (χ1) is 42.0. The van der Waals surface area contributed by atoms with Gasteiger partial charge in [-0.25, -0.2) is 4.57 Å². The number of likely N-dealkylation sites (N-methyl/N-ethyl adjacent to an activating group) is 1. The molecule has 0 aliphatic heterocycles. The Kier molecular flexibility index (Phi) is 63.5. The fourth-order valence-corrected chi connectivity index (χ4v) is 10.7. The number of allylic oxidation sites excluding steroid dienone is 18. The van der Waals surface area contributed by atoms with E-state index in [-0.39, 0.29) is 32.0 Å². The van der Waals surface area contributed by atoms with Crippen molar-refractivity contribution in [2.45, 2.75) is 315 Å². The second-order valence-corrected chi connectivity index (χ2v) is 26.3. The first kappa shape index (κ1) is 82.7. The van der Waals surface area contributed by atoms with E-state index >= 15 is 0 Å². The van der Waals surface area contributed by atoms with Gasteiger partial charge in [0, 0.05) is 12.8 Å². The number of quaternary nitrogens is 1. The highest BCUT2D eigenvalue weighted by Gasteiger charge is 2.27. The summed E-state index contributed by atoms with van der Waals surface area (Å²) in [5.74, 6) is -0.793. The lowest BCUT2D eigenvalue weighted by Gasteiger charge is -2.24. The van der Waals surface area contributed by atoms with Crippen LogP contribution in [0.3, 0.4) is 0 Å². The van der Waals surface area contributed by atoms with Crippen molar-refractivity contribution in [2.24, 2.45) is 0 Å². The number of unbranched alkanes of at least 4 members (excludes halogenated alkanes) is 33. The van der Waals surface area contributed by atoms with Gasteiger partial charge in [0.15, 0.2) is 6.10 Å². The number of phosphoric acid groups is 1. The molecule has 0 fully saturated rings. The topological polar surface area (TPSA) is 108 Å². The quantitative estimate of drug-likeness (QED) is 0.0211. The third-order valence-corrected chi connectivity index (χ3v) is 16.3. The second kappa shape index (κ2) is 66.1. The molecule has 1 N–H and O–H groups in total. The van der Waals surface area contributed by atoms with Crippen molar-refractivity contribution in [1.29, 1.82) is 0 Å². The molecule has 0 aromatic rings. The Balaban J connectivity index is 4.00. The van der Waals surface area contributed by atoms with E-state index in [1.165, 1.54) is 173 Å². The van der Waals surface area contributed by atoms with Gasteiger partial charge in [-0.3, -0.25) is 18.6 Å². The van der Waals surface area contributed by atoms with Gasteiger partial charge in [-0.1, -0.05) is 309 Å². The Labute approximate surface area is 531 Å². The van der Waals surface area contributed by atoms with Crippen LogP contribution in [0.2, 0.25) is 0 Å². The van der Waals surface area contributed by atoms with E-state index in [0.717, 1.165) is 103 Å². The largest absolute Gasteiger partial charge is 0.472 e. The summed E-state index contributed by atoms with van der Waals surface area (Å²) in [6.45, 7) is 4.23. The molecular formula is C76H135NO8P+. The van der Waals surface area contributed by atoms with Crippen LogP contribution in [-0.4, -0.2) is 74.9 Å². The first-order valence-electron chi connectivity index (χ1n) is 35.6. The van der Waals surface area contributed by atoms with E-state index in [1.807, 2.05) is 21.1 Å². The molecule has 0 heterocycles. The van der Waals surface area contributed by atoms with Gasteiger partial charge in [-0.2, -0.15) is 0 Å². The Morgan fingerprint density at radius 3 is 0.930 bits per heavy atom. The molecule has 9 nitrogen and oxygen atoms in total. The van der Waals surface area contributed by atoms with E-state index < -0.39 is 26.5 Å². The molecule has 0 saturated heterocycles. The van der Waals surface area contributed by atoms with Gasteiger partial charge in [0.25, 0.3) is 0 Å². The van der Waals surface area contributed by atoms with Crippen LogP contribution in [-0.2, 0) is 32.7 Å². The van der Waals surface area contributed by atoms with Crippen molar-refractivity contribution < 1.29 is 42.1 Å². The maximum Gasteiger partial charge on any atom is 0.472 e. The molecule has 0 rings (SSSR count). The van der Waals surface area contributed by atoms with Crippen LogP contribution in [0.1, 0.15) is 309 Å². The number of carbonyl (C=O) groups excluding carboxylic acids is 2. The minimum Gasteiger partial charge on any atom is -0.462 e. The summed E-state index contributed by atoms with van der Waals surface area (Å²) in [5, 5.41) is 0. The van der Waals surface area contributed by atoms with Gasteiger partial charge in [0.2, 0.25) is 0 Å². The lowest BCUT2D eigenvalue weighted by molar-refractivity contribution is -0.870. The minimum absolute atomic E-state index is 0.0285. The fourth-order valence-electron chi connectivity index (χ4n) is 9.92. The highest BCUT2D eigenvalue weighted by molar-refractivity contribution is 7.47. The molecule has 0 spiro atoms. The van der Waals surface area contributed by atoms with Crippen molar-refractivity contribution in [2.75, 3.05) is 47.5 Å². The first-order valence-corrected chi connectivity index (χ1v) is 37.1. The summed E-state index contributed by atoms with van der Waals surface area (Å²) in [6, 6.07) is 0. The molecule has 0 aliphatic carbocycles. The summed E-state index contributed by atoms with van der Waals surface area (Å²) in [5.41, 5.74) is 0. The maximum absolute atomic E-state index is 12.9. The molecular weight excluding hydrogens is 1090 g/mol. The molecule has 0 radical (unpaired) electrons. The summed E-state index contributed by atoms with van der Waals surface area (Å²) in [6.07, 6.45) is 93.4. The van der Waals surface area contributed by atoms with Crippen molar-refractivity contribution in [1.82, 2.24) is 0 Å². The highest BCUT2D eigenvalue weighted by Crippen LogP contribution is 2.43. The fraction of sp³-hybridized carbons (Fsp3) is 0.737. The van der Waals surface area contributed by atoms with Gasteiger partial charge < -0.3 is 18.9 Å². The van der Waals surface area contributed by atoms with Crippen molar-refractivity contribution in [3.05, 3.63) is 109 Å². The zero-order valence-corrected chi connectivity index (χ0v) is 57.4. The Bertz CT molecular complexity index is 1820. The van der Waals surface area contributed by atoms with E-state index in [9.17, 15) is 19.0 Å². The number of esters is 2. The number of hydrogen-bond acceptors (Lipinski definition) is 7. The third kappa shape index (κ3) is 69.8. The average molecular weight is 1220 g/mol. The molecule has 86 heavy (non-hydrogen) atoms. The van der Waals surface area contributed by atoms with Crippen LogP contribution in [0.25, 0.3) is 0 Å². The molecule has 496 valence electrons. The summed E-state index contributed by atoms with van der Waals surface area (Å²) >= 11 is 0. The second-order valence-electron chi connectivity index (χ2n) is 24.9. The summed E-state index contributed by atoms with van der Waals surface area (Å²) in [4.78, 5) is 35.9. The van der Waals surface area contributed by atoms with Gasteiger partial charge >= 0.3 is 19.8 Å². The number of hydrogen-bond donors (Lipinski definition) is 1. The number of nitrogens with zero attached hydrogens (tertiary/aromatic N) is 1. The van der Waals surface area contributed by atoms with E-state index in [1.54, 1.807) is 0 Å². The molecule has 2 unspecified atom stereocenters. The Morgan fingerprint density at radius 1 is 0.360 bits per heavy atom. The standard InChI is InChI=1S/C76H134NO8P/c1-6-8-10-12-14-16-18-20-22-24-26-28-30-32-34-35-36-37-38-39-40-41-43-44-46-48-50-52-54-56-58-60-62-64-66-68-75(78)82-72-74(73-84-86(80,81)83-71-70-77(3,4)5)85-76(79)69-67-65-63-61-59-57-55-53-51-49-47-45-42-33-31-29-27-25-23-21-19-17-15-13-11-9-7-2/h8-11,14-17,20-23,26-29,33,42,74H,6-7,12-13,18-19,24-25,30-32,34-41,43-73H2,1-5H3/p+1/b10-8-,11-9-,16-14-,17-15-,22-20-,23-21-,28-26-,29-27-,42-33-. The van der Waals surface area contributed by atoms with E-state index in [4.69, 9.17) is 18.5 Å². The lowest BCUT2D eigenvalue weighted by Crippen LogP contribution is -2.37. The predicted octanol–water partition coefficient (Wildman–Crippen LogP) is 23.3. The number of carbonyl (C=O) groups is 2. The minimum atomic E-state index is -4.40. The van der Waals surface area contributed by atoms with Crippen molar-refractivity contribution in [3.8, 4) is 0 Å². The molecule has 0 amide bonds. The van der Waals surface area contributed by atoms with Gasteiger partial charge in [0.1, 0.15) is 19.8 Å². The summed E-state index contributed by atoms with van der Waals surface area (Å²) < 4.78 is 34.7. The summed E-state index contributed by atoms with van der Waals surface area (Å²) in [7, 11) is 1.48. The Morgan fingerprint density at radius 2 is 0.628 bits per heavy atom. The van der Waals surface area contributed by atoms with Crippen LogP contribution in [0, 0.1) is 0 Å². The monoisotopic (exact) mass is 1220 g/mol. The van der Waals surface area contributed by atoms with Gasteiger partial charge in [-0.05, 0) is 96.3 Å². The molecule has 0 aromatic heterocycles. The molecule has 0 bridgehead atoms. The van der Waals surface area contributed by atoms with Crippen molar-refractivity contribution >= 4 is 19.8 Å². The molecule has 0 aromatic carbocycles. The zero-order chi connectivity index (χ0) is 62.6. The lowest BCUT2D eigenvalue weighted by atomic mass is 10.0. The van der Waals surface area contributed by atoms with Gasteiger partial charge in [-0.15, -0.1) is 0 Å². The zero-order valence-electron chi connectivity index (χ0n) is 56.5. The van der Waals surface area contributed by atoms with Crippen LogP contribution < -0.4 is 0 Å². The maximum atomic E-state index is 12.9. The highest BCUT2D eigenvalue weighted by atomic mass is 31.2.